The van der Waals surface area contributed by atoms with E-state index in [1.54, 1.807) is 12.4 Å². The van der Waals surface area contributed by atoms with E-state index in [1.165, 1.54) is 5.56 Å². The monoisotopic (exact) mass is 271 g/mol. The summed E-state index contributed by atoms with van der Waals surface area (Å²) in [5.74, 6) is 1.29. The first-order valence-electron chi connectivity index (χ1n) is 6.73. The Morgan fingerprint density at radius 2 is 2.00 bits per heavy atom. The third kappa shape index (κ3) is 4.31. The molecule has 4 heteroatoms. The van der Waals surface area contributed by atoms with Gasteiger partial charge < -0.3 is 10.1 Å². The van der Waals surface area contributed by atoms with Crippen LogP contribution >= 0.6 is 0 Å². The van der Waals surface area contributed by atoms with E-state index in [-0.39, 0.29) is 5.54 Å². The molecule has 4 nitrogen and oxygen atoms in total. The van der Waals surface area contributed by atoms with Crippen molar-refractivity contribution < 1.29 is 4.74 Å². The number of pyridine rings is 2. The molecule has 2 rings (SSSR count). The molecule has 0 aliphatic carbocycles. The van der Waals surface area contributed by atoms with Crippen LogP contribution in [0.15, 0.2) is 36.7 Å². The molecule has 0 radical (unpaired) electrons. The minimum Gasteiger partial charge on any atom is -0.437 e. The molecule has 0 aromatic carbocycles. The van der Waals surface area contributed by atoms with Gasteiger partial charge in [-0.15, -0.1) is 0 Å². The Morgan fingerprint density at radius 1 is 1.20 bits per heavy atom. The lowest BCUT2D eigenvalue weighted by molar-refractivity contribution is 0.422. The van der Waals surface area contributed by atoms with Crippen LogP contribution in [-0.2, 0) is 6.54 Å². The van der Waals surface area contributed by atoms with Crippen molar-refractivity contribution in [1.29, 1.82) is 0 Å². The van der Waals surface area contributed by atoms with E-state index in [9.17, 15) is 0 Å². The molecule has 0 atom stereocenters. The van der Waals surface area contributed by atoms with Crippen molar-refractivity contribution in [3.05, 3.63) is 47.9 Å². The molecule has 0 aliphatic rings. The number of hydrogen-bond donors (Lipinski definition) is 1. The van der Waals surface area contributed by atoms with Gasteiger partial charge in [-0.3, -0.25) is 4.98 Å². The molecule has 2 aromatic rings. The number of aryl methyl sites for hydroxylation is 1. The molecule has 0 saturated carbocycles. The van der Waals surface area contributed by atoms with E-state index < -0.39 is 0 Å². The van der Waals surface area contributed by atoms with Crippen LogP contribution in [0.25, 0.3) is 0 Å². The highest BCUT2D eigenvalue weighted by atomic mass is 16.5. The second-order valence-corrected chi connectivity index (χ2v) is 5.79. The fourth-order valence-corrected chi connectivity index (χ4v) is 1.70. The Bertz CT molecular complexity index is 562. The largest absolute Gasteiger partial charge is 0.437 e. The molecular weight excluding hydrogens is 250 g/mol. The maximum atomic E-state index is 5.67. The summed E-state index contributed by atoms with van der Waals surface area (Å²) in [5, 5.41) is 3.46. The van der Waals surface area contributed by atoms with Gasteiger partial charge in [0.25, 0.3) is 0 Å². The summed E-state index contributed by atoms with van der Waals surface area (Å²) in [5.41, 5.74) is 2.25. The van der Waals surface area contributed by atoms with Crippen LogP contribution in [0, 0.1) is 6.92 Å². The molecule has 2 aromatic heterocycles. The third-order valence-corrected chi connectivity index (χ3v) is 2.84. The maximum Gasteiger partial charge on any atom is 0.219 e. The van der Waals surface area contributed by atoms with Gasteiger partial charge in [-0.1, -0.05) is 6.07 Å². The summed E-state index contributed by atoms with van der Waals surface area (Å²) in [6.45, 7) is 9.24. The normalized spacial score (nSPS) is 11.4. The first-order chi connectivity index (χ1) is 9.44. The van der Waals surface area contributed by atoms with Crippen LogP contribution < -0.4 is 10.1 Å². The first-order valence-corrected chi connectivity index (χ1v) is 6.73. The van der Waals surface area contributed by atoms with E-state index in [0.29, 0.717) is 11.6 Å². The molecule has 106 valence electrons. The van der Waals surface area contributed by atoms with Crippen molar-refractivity contribution in [2.45, 2.75) is 39.8 Å². The average molecular weight is 271 g/mol. The van der Waals surface area contributed by atoms with E-state index in [4.69, 9.17) is 4.74 Å². The highest BCUT2D eigenvalue weighted by Crippen LogP contribution is 2.19. The van der Waals surface area contributed by atoms with Crippen molar-refractivity contribution in [1.82, 2.24) is 15.3 Å². The van der Waals surface area contributed by atoms with Crippen LogP contribution in [0.1, 0.15) is 32.0 Å². The van der Waals surface area contributed by atoms with E-state index in [0.717, 1.165) is 12.2 Å². The number of nitrogens with zero attached hydrogens (tertiary/aromatic N) is 2. The molecular formula is C16H21N3O. The molecule has 0 aliphatic heterocycles. The smallest absolute Gasteiger partial charge is 0.219 e. The van der Waals surface area contributed by atoms with Gasteiger partial charge in [-0.25, -0.2) is 4.98 Å². The number of ether oxygens (including phenoxy) is 1. The average Bonchev–Trinajstić information content (AvgIpc) is 2.38. The van der Waals surface area contributed by atoms with Crippen LogP contribution in [0.2, 0.25) is 0 Å². The van der Waals surface area contributed by atoms with Crippen molar-refractivity contribution in [2.75, 3.05) is 0 Å². The van der Waals surface area contributed by atoms with E-state index in [1.807, 2.05) is 31.2 Å². The molecule has 0 fully saturated rings. The van der Waals surface area contributed by atoms with Gasteiger partial charge in [0, 0.05) is 30.0 Å². The fourth-order valence-electron chi connectivity index (χ4n) is 1.70. The molecule has 20 heavy (non-hydrogen) atoms. The summed E-state index contributed by atoms with van der Waals surface area (Å²) in [4.78, 5) is 8.49. The van der Waals surface area contributed by atoms with Gasteiger partial charge in [-0.05, 0) is 45.4 Å². The summed E-state index contributed by atoms with van der Waals surface area (Å²) >= 11 is 0. The number of hydrogen-bond acceptors (Lipinski definition) is 4. The second-order valence-electron chi connectivity index (χ2n) is 5.79. The van der Waals surface area contributed by atoms with E-state index in [2.05, 4.69) is 36.1 Å². The van der Waals surface area contributed by atoms with Gasteiger partial charge in [0.05, 0.1) is 6.20 Å². The van der Waals surface area contributed by atoms with Crippen molar-refractivity contribution in [3.63, 3.8) is 0 Å². The lowest BCUT2D eigenvalue weighted by atomic mass is 10.1. The molecule has 0 saturated heterocycles. The Hall–Kier alpha value is -1.94. The van der Waals surface area contributed by atoms with Crippen molar-refractivity contribution in [2.24, 2.45) is 0 Å². The molecule has 1 N–H and O–H groups in total. The Morgan fingerprint density at radius 3 is 2.60 bits per heavy atom. The minimum atomic E-state index is 0.0946. The predicted molar refractivity (Wildman–Crippen MR) is 79.9 cm³/mol. The maximum absolute atomic E-state index is 5.67. The van der Waals surface area contributed by atoms with Crippen LogP contribution in [0.5, 0.6) is 11.6 Å². The lowest BCUT2D eigenvalue weighted by Crippen LogP contribution is -2.35. The Labute approximate surface area is 120 Å². The number of aromatic nitrogens is 2. The first kappa shape index (κ1) is 14.5. The van der Waals surface area contributed by atoms with Crippen molar-refractivity contribution >= 4 is 0 Å². The summed E-state index contributed by atoms with van der Waals surface area (Å²) in [6.07, 6.45) is 3.39. The quantitative estimate of drug-likeness (QED) is 0.925. The standard InChI is InChI=1S/C16H21N3O/c1-12-13(10-18-16(2,3)4)7-8-15(19-12)20-14-6-5-9-17-11-14/h5-9,11,18H,10H2,1-4H3. The lowest BCUT2D eigenvalue weighted by Gasteiger charge is -2.21. The topological polar surface area (TPSA) is 47.0 Å². The predicted octanol–water partition coefficient (Wildman–Crippen LogP) is 3.47. The Kier molecular flexibility index (Phi) is 4.35. The van der Waals surface area contributed by atoms with Crippen molar-refractivity contribution in [3.8, 4) is 11.6 Å². The minimum absolute atomic E-state index is 0.0946. The van der Waals surface area contributed by atoms with Gasteiger partial charge >= 0.3 is 0 Å². The molecule has 0 amide bonds. The molecule has 0 unspecified atom stereocenters. The molecule has 2 heterocycles. The fraction of sp³-hybridized carbons (Fsp3) is 0.375. The SMILES string of the molecule is Cc1nc(Oc2cccnc2)ccc1CNC(C)(C)C. The molecule has 0 spiro atoms. The summed E-state index contributed by atoms with van der Waals surface area (Å²) in [6, 6.07) is 7.63. The van der Waals surface area contributed by atoms with Gasteiger partial charge in [0.2, 0.25) is 5.88 Å². The highest BCUT2D eigenvalue weighted by molar-refractivity contribution is 5.28. The Balaban J connectivity index is 2.06. The van der Waals surface area contributed by atoms with Crippen LogP contribution in [0.3, 0.4) is 0 Å². The van der Waals surface area contributed by atoms with Gasteiger partial charge in [0.15, 0.2) is 0 Å². The zero-order valence-corrected chi connectivity index (χ0v) is 12.5. The highest BCUT2D eigenvalue weighted by Gasteiger charge is 2.10. The molecule has 0 bridgehead atoms. The second kappa shape index (κ2) is 6.01. The van der Waals surface area contributed by atoms with Crippen LogP contribution in [0.4, 0.5) is 0 Å². The van der Waals surface area contributed by atoms with E-state index >= 15 is 0 Å². The zero-order chi connectivity index (χ0) is 14.6. The van der Waals surface area contributed by atoms with Crippen LogP contribution in [-0.4, -0.2) is 15.5 Å². The number of rotatable bonds is 4. The summed E-state index contributed by atoms with van der Waals surface area (Å²) < 4.78 is 5.67. The zero-order valence-electron chi connectivity index (χ0n) is 12.5. The summed E-state index contributed by atoms with van der Waals surface area (Å²) in [7, 11) is 0. The number of nitrogens with one attached hydrogen (secondary N) is 1. The van der Waals surface area contributed by atoms with Gasteiger partial charge in [0.1, 0.15) is 5.75 Å². The third-order valence-electron chi connectivity index (χ3n) is 2.84. The van der Waals surface area contributed by atoms with Gasteiger partial charge in [-0.2, -0.15) is 0 Å².